The summed E-state index contributed by atoms with van der Waals surface area (Å²) in [5.41, 5.74) is -1.87. The molecule has 0 radical (unpaired) electrons. The van der Waals surface area contributed by atoms with Crippen molar-refractivity contribution in [1.29, 1.82) is 0 Å². The second kappa shape index (κ2) is 5.81. The van der Waals surface area contributed by atoms with Gasteiger partial charge in [0, 0.05) is 12.6 Å². The third-order valence-electron chi connectivity index (χ3n) is 2.04. The SMILES string of the molecule is CC(C)NC(=O)C(C)NCC(C)(O)C(=O)O. The van der Waals surface area contributed by atoms with Gasteiger partial charge in [0.2, 0.25) is 5.91 Å². The molecule has 2 atom stereocenters. The van der Waals surface area contributed by atoms with Gasteiger partial charge in [0.15, 0.2) is 5.60 Å². The number of hydrogen-bond acceptors (Lipinski definition) is 4. The van der Waals surface area contributed by atoms with E-state index in [0.29, 0.717) is 0 Å². The summed E-state index contributed by atoms with van der Waals surface area (Å²) in [4.78, 5) is 22.0. The Morgan fingerprint density at radius 3 is 2.19 bits per heavy atom. The van der Waals surface area contributed by atoms with Crippen molar-refractivity contribution in [3.63, 3.8) is 0 Å². The maximum absolute atomic E-state index is 11.4. The highest BCUT2D eigenvalue weighted by Crippen LogP contribution is 2.01. The normalized spacial score (nSPS) is 16.6. The number of aliphatic carboxylic acids is 1. The molecule has 0 rings (SSSR count). The highest BCUT2D eigenvalue weighted by molar-refractivity contribution is 5.82. The van der Waals surface area contributed by atoms with Crippen LogP contribution in [-0.4, -0.2) is 46.3 Å². The number of carbonyl (C=O) groups excluding carboxylic acids is 1. The average molecular weight is 232 g/mol. The van der Waals surface area contributed by atoms with Gasteiger partial charge >= 0.3 is 5.97 Å². The summed E-state index contributed by atoms with van der Waals surface area (Å²) in [5.74, 6) is -1.55. The summed E-state index contributed by atoms with van der Waals surface area (Å²) < 4.78 is 0. The first-order valence-corrected chi connectivity index (χ1v) is 5.16. The molecule has 6 heteroatoms. The van der Waals surface area contributed by atoms with Crippen molar-refractivity contribution >= 4 is 11.9 Å². The Balaban J connectivity index is 4.12. The van der Waals surface area contributed by atoms with E-state index in [1.165, 1.54) is 6.92 Å². The molecule has 0 aliphatic carbocycles. The first-order valence-electron chi connectivity index (χ1n) is 5.16. The molecular weight excluding hydrogens is 212 g/mol. The Hall–Kier alpha value is -1.14. The van der Waals surface area contributed by atoms with Crippen molar-refractivity contribution in [2.75, 3.05) is 6.54 Å². The number of nitrogens with one attached hydrogen (secondary N) is 2. The lowest BCUT2D eigenvalue weighted by molar-refractivity contribution is -0.156. The van der Waals surface area contributed by atoms with Crippen LogP contribution in [-0.2, 0) is 9.59 Å². The second-order valence-corrected chi connectivity index (χ2v) is 4.34. The molecule has 0 aliphatic heterocycles. The molecular formula is C10H20N2O4. The zero-order valence-corrected chi connectivity index (χ0v) is 10.1. The zero-order valence-electron chi connectivity index (χ0n) is 10.1. The van der Waals surface area contributed by atoms with Gasteiger partial charge in [-0.05, 0) is 27.7 Å². The molecule has 94 valence electrons. The van der Waals surface area contributed by atoms with Crippen molar-refractivity contribution in [2.45, 2.75) is 45.4 Å². The third kappa shape index (κ3) is 5.09. The van der Waals surface area contributed by atoms with Gasteiger partial charge in [0.25, 0.3) is 0 Å². The number of aliphatic hydroxyl groups is 1. The molecule has 0 saturated heterocycles. The highest BCUT2D eigenvalue weighted by atomic mass is 16.4. The van der Waals surface area contributed by atoms with Crippen LogP contribution in [0.5, 0.6) is 0 Å². The van der Waals surface area contributed by atoms with Crippen molar-refractivity contribution in [3.8, 4) is 0 Å². The fourth-order valence-corrected chi connectivity index (χ4v) is 0.930. The maximum Gasteiger partial charge on any atom is 0.336 e. The second-order valence-electron chi connectivity index (χ2n) is 4.34. The number of amides is 1. The molecule has 0 heterocycles. The predicted octanol–water partition coefficient (Wildman–Crippen LogP) is -0.675. The van der Waals surface area contributed by atoms with Crippen molar-refractivity contribution in [3.05, 3.63) is 0 Å². The summed E-state index contributed by atoms with van der Waals surface area (Å²) in [6.45, 7) is 6.26. The van der Waals surface area contributed by atoms with Gasteiger partial charge in [-0.1, -0.05) is 0 Å². The Bertz CT molecular complexity index is 264. The Labute approximate surface area is 95.0 Å². The smallest absolute Gasteiger partial charge is 0.336 e. The minimum atomic E-state index is -1.87. The van der Waals surface area contributed by atoms with E-state index in [1.807, 2.05) is 13.8 Å². The molecule has 0 spiro atoms. The molecule has 0 fully saturated rings. The first-order chi connectivity index (χ1) is 7.16. The van der Waals surface area contributed by atoms with Crippen LogP contribution in [0.4, 0.5) is 0 Å². The lowest BCUT2D eigenvalue weighted by Gasteiger charge is -2.22. The Morgan fingerprint density at radius 2 is 1.81 bits per heavy atom. The molecule has 0 saturated carbocycles. The highest BCUT2D eigenvalue weighted by Gasteiger charge is 2.30. The Kier molecular flexibility index (Phi) is 5.40. The molecule has 4 N–H and O–H groups in total. The number of carboxylic acid groups (broad SMARTS) is 1. The van der Waals surface area contributed by atoms with E-state index in [9.17, 15) is 14.7 Å². The maximum atomic E-state index is 11.4. The summed E-state index contributed by atoms with van der Waals surface area (Å²) in [5, 5.41) is 23.4. The van der Waals surface area contributed by atoms with Gasteiger partial charge in [-0.15, -0.1) is 0 Å². The van der Waals surface area contributed by atoms with E-state index < -0.39 is 17.6 Å². The monoisotopic (exact) mass is 232 g/mol. The van der Waals surface area contributed by atoms with Gasteiger partial charge in [-0.3, -0.25) is 4.79 Å². The van der Waals surface area contributed by atoms with Gasteiger partial charge in [-0.25, -0.2) is 4.79 Å². The van der Waals surface area contributed by atoms with Gasteiger partial charge in [-0.2, -0.15) is 0 Å². The predicted molar refractivity (Wildman–Crippen MR) is 59.0 cm³/mol. The largest absolute Gasteiger partial charge is 0.479 e. The zero-order chi connectivity index (χ0) is 12.9. The van der Waals surface area contributed by atoms with Crippen LogP contribution in [0.2, 0.25) is 0 Å². The van der Waals surface area contributed by atoms with Crippen molar-refractivity contribution in [1.82, 2.24) is 10.6 Å². The lowest BCUT2D eigenvalue weighted by Crippen LogP contribution is -2.51. The summed E-state index contributed by atoms with van der Waals surface area (Å²) in [6, 6.07) is -0.523. The van der Waals surface area contributed by atoms with E-state index in [2.05, 4.69) is 10.6 Å². The average Bonchev–Trinajstić information content (AvgIpc) is 2.12. The van der Waals surface area contributed by atoms with Gasteiger partial charge in [0.1, 0.15) is 0 Å². The van der Waals surface area contributed by atoms with Crippen LogP contribution in [0, 0.1) is 0 Å². The van der Waals surface area contributed by atoms with Crippen LogP contribution < -0.4 is 10.6 Å². The third-order valence-corrected chi connectivity index (χ3v) is 2.04. The molecule has 1 amide bonds. The molecule has 6 nitrogen and oxygen atoms in total. The van der Waals surface area contributed by atoms with Gasteiger partial charge < -0.3 is 20.8 Å². The molecule has 0 aromatic rings. The van der Waals surface area contributed by atoms with E-state index >= 15 is 0 Å². The van der Waals surface area contributed by atoms with E-state index in [4.69, 9.17) is 5.11 Å². The van der Waals surface area contributed by atoms with Crippen LogP contribution in [0.3, 0.4) is 0 Å². The van der Waals surface area contributed by atoms with Crippen LogP contribution in [0.15, 0.2) is 0 Å². The molecule has 0 aromatic heterocycles. The lowest BCUT2D eigenvalue weighted by atomic mass is 10.1. The number of carbonyl (C=O) groups is 2. The standard InChI is InChI=1S/C10H20N2O4/c1-6(2)12-8(13)7(3)11-5-10(4,16)9(14)15/h6-7,11,16H,5H2,1-4H3,(H,12,13)(H,14,15). The Morgan fingerprint density at radius 1 is 1.31 bits per heavy atom. The van der Waals surface area contributed by atoms with Crippen LogP contribution in [0.25, 0.3) is 0 Å². The van der Waals surface area contributed by atoms with E-state index in [1.54, 1.807) is 6.92 Å². The molecule has 2 unspecified atom stereocenters. The quantitative estimate of drug-likeness (QED) is 0.486. The minimum absolute atomic E-state index is 0.0248. The molecule has 0 aliphatic rings. The number of carboxylic acids is 1. The number of rotatable bonds is 6. The molecule has 0 bridgehead atoms. The minimum Gasteiger partial charge on any atom is -0.479 e. The van der Waals surface area contributed by atoms with Crippen molar-refractivity contribution < 1.29 is 19.8 Å². The topological polar surface area (TPSA) is 98.7 Å². The molecule has 16 heavy (non-hydrogen) atoms. The van der Waals surface area contributed by atoms with Crippen molar-refractivity contribution in [2.24, 2.45) is 0 Å². The fraction of sp³-hybridized carbons (Fsp3) is 0.800. The number of hydrogen-bond donors (Lipinski definition) is 4. The summed E-state index contributed by atoms with van der Waals surface area (Å²) in [7, 11) is 0. The summed E-state index contributed by atoms with van der Waals surface area (Å²) in [6.07, 6.45) is 0. The van der Waals surface area contributed by atoms with Crippen LogP contribution >= 0.6 is 0 Å². The fourth-order valence-electron chi connectivity index (χ4n) is 0.930. The van der Waals surface area contributed by atoms with Gasteiger partial charge in [0.05, 0.1) is 6.04 Å². The summed E-state index contributed by atoms with van der Waals surface area (Å²) >= 11 is 0. The molecule has 0 aromatic carbocycles. The first kappa shape index (κ1) is 14.9. The van der Waals surface area contributed by atoms with E-state index in [-0.39, 0.29) is 18.5 Å². The van der Waals surface area contributed by atoms with E-state index in [0.717, 1.165) is 0 Å². The van der Waals surface area contributed by atoms with Crippen LogP contribution in [0.1, 0.15) is 27.7 Å².